The Balaban J connectivity index is 2.03. The number of hydrogen-bond donors (Lipinski definition) is 1. The average Bonchev–Trinajstić information content (AvgIpc) is 3.02. The molecule has 1 fully saturated rings. The number of benzene rings is 1. The molecule has 1 N–H and O–H groups in total. The maximum atomic E-state index is 11.6. The van der Waals surface area contributed by atoms with E-state index < -0.39 is 0 Å². The van der Waals surface area contributed by atoms with E-state index >= 15 is 0 Å². The second kappa shape index (κ2) is 4.01. The molecule has 1 aromatic carbocycles. The largest absolute Gasteiger partial charge is 0.349 e. The number of rotatable bonds is 3. The van der Waals surface area contributed by atoms with Gasteiger partial charge in [0.1, 0.15) is 0 Å². The van der Waals surface area contributed by atoms with Gasteiger partial charge >= 0.3 is 0 Å². The first-order chi connectivity index (χ1) is 6.79. The van der Waals surface area contributed by atoms with Crippen LogP contribution in [0.25, 0.3) is 0 Å². The zero-order valence-corrected chi connectivity index (χ0v) is 8.55. The van der Waals surface area contributed by atoms with Gasteiger partial charge < -0.3 is 5.32 Å². The molecule has 0 saturated heterocycles. The molecule has 0 unspecified atom stereocenters. The topological polar surface area (TPSA) is 29.1 Å². The summed E-state index contributed by atoms with van der Waals surface area (Å²) in [6.07, 6.45) is 2.23. The van der Waals surface area contributed by atoms with Gasteiger partial charge in [-0.2, -0.15) is 0 Å². The highest BCUT2D eigenvalue weighted by molar-refractivity contribution is 6.17. The number of amides is 1. The van der Waals surface area contributed by atoms with Crippen molar-refractivity contribution >= 4 is 17.5 Å². The van der Waals surface area contributed by atoms with Crippen LogP contribution >= 0.6 is 11.6 Å². The van der Waals surface area contributed by atoms with Crippen LogP contribution in [0.2, 0.25) is 0 Å². The second-order valence-corrected chi connectivity index (χ2v) is 3.85. The monoisotopic (exact) mass is 209 g/mol. The van der Waals surface area contributed by atoms with Crippen molar-refractivity contribution in [1.82, 2.24) is 5.32 Å². The van der Waals surface area contributed by atoms with E-state index in [-0.39, 0.29) is 5.91 Å². The SMILES string of the molecule is O=C(NC1CC1)c1ccc(CCl)cc1. The molecular formula is C11H12ClNO. The maximum Gasteiger partial charge on any atom is 0.251 e. The van der Waals surface area contributed by atoms with Crippen LogP contribution in [0, 0.1) is 0 Å². The van der Waals surface area contributed by atoms with Crippen LogP contribution in [0.4, 0.5) is 0 Å². The molecule has 0 bridgehead atoms. The van der Waals surface area contributed by atoms with Crippen LogP contribution in [0.1, 0.15) is 28.8 Å². The maximum absolute atomic E-state index is 11.6. The summed E-state index contributed by atoms with van der Waals surface area (Å²) in [5.74, 6) is 0.512. The quantitative estimate of drug-likeness (QED) is 0.761. The van der Waals surface area contributed by atoms with E-state index in [4.69, 9.17) is 11.6 Å². The van der Waals surface area contributed by atoms with Crippen molar-refractivity contribution in [2.45, 2.75) is 24.8 Å². The highest BCUT2D eigenvalue weighted by Crippen LogP contribution is 2.19. The minimum atomic E-state index is 0.0219. The Hall–Kier alpha value is -1.02. The summed E-state index contributed by atoms with van der Waals surface area (Å²) >= 11 is 5.65. The lowest BCUT2D eigenvalue weighted by Crippen LogP contribution is -2.25. The molecule has 0 heterocycles. The van der Waals surface area contributed by atoms with Crippen molar-refractivity contribution in [2.75, 3.05) is 0 Å². The van der Waals surface area contributed by atoms with Gasteiger partial charge in [-0.15, -0.1) is 11.6 Å². The Labute approximate surface area is 88.3 Å². The number of carbonyl (C=O) groups is 1. The van der Waals surface area contributed by atoms with Gasteiger partial charge in [0.15, 0.2) is 0 Å². The van der Waals surface area contributed by atoms with Crippen LogP contribution in [0.3, 0.4) is 0 Å². The summed E-state index contributed by atoms with van der Waals surface area (Å²) in [6.45, 7) is 0. The van der Waals surface area contributed by atoms with Gasteiger partial charge in [0.25, 0.3) is 5.91 Å². The molecule has 1 aliphatic carbocycles. The van der Waals surface area contributed by atoms with E-state index in [1.165, 1.54) is 0 Å². The Bertz CT molecular complexity index is 330. The summed E-state index contributed by atoms with van der Waals surface area (Å²) in [5, 5.41) is 2.94. The molecule has 3 heteroatoms. The molecule has 0 radical (unpaired) electrons. The number of nitrogens with one attached hydrogen (secondary N) is 1. The molecule has 2 rings (SSSR count). The molecule has 0 atom stereocenters. The fourth-order valence-corrected chi connectivity index (χ4v) is 1.42. The van der Waals surface area contributed by atoms with Crippen LogP contribution in [0.15, 0.2) is 24.3 Å². The predicted octanol–water partition coefficient (Wildman–Crippen LogP) is 2.32. The van der Waals surface area contributed by atoms with Gasteiger partial charge in [0.2, 0.25) is 0 Å². The zero-order valence-electron chi connectivity index (χ0n) is 7.79. The minimum absolute atomic E-state index is 0.0219. The Kier molecular flexibility index (Phi) is 2.73. The van der Waals surface area contributed by atoms with E-state index in [9.17, 15) is 4.79 Å². The van der Waals surface area contributed by atoms with Gasteiger partial charge in [-0.3, -0.25) is 4.79 Å². The number of alkyl halides is 1. The molecule has 74 valence electrons. The fraction of sp³-hybridized carbons (Fsp3) is 0.364. The third-order valence-electron chi connectivity index (χ3n) is 2.28. The number of halogens is 1. The molecule has 1 saturated carbocycles. The van der Waals surface area contributed by atoms with Crippen molar-refractivity contribution in [2.24, 2.45) is 0 Å². The smallest absolute Gasteiger partial charge is 0.251 e. The molecule has 1 aromatic rings. The summed E-state index contributed by atoms with van der Waals surface area (Å²) in [7, 11) is 0. The van der Waals surface area contributed by atoms with Crippen molar-refractivity contribution in [3.8, 4) is 0 Å². The predicted molar refractivity (Wildman–Crippen MR) is 56.5 cm³/mol. The first-order valence-corrected chi connectivity index (χ1v) is 5.29. The Morgan fingerprint density at radius 3 is 2.50 bits per heavy atom. The lowest BCUT2D eigenvalue weighted by atomic mass is 10.1. The summed E-state index contributed by atoms with van der Waals surface area (Å²) in [6, 6.07) is 7.81. The van der Waals surface area contributed by atoms with E-state index in [0.29, 0.717) is 17.5 Å². The number of carbonyl (C=O) groups excluding carboxylic acids is 1. The van der Waals surface area contributed by atoms with E-state index in [1.54, 1.807) is 0 Å². The van der Waals surface area contributed by atoms with Crippen molar-refractivity contribution < 1.29 is 4.79 Å². The van der Waals surface area contributed by atoms with Crippen LogP contribution in [-0.2, 0) is 5.88 Å². The summed E-state index contributed by atoms with van der Waals surface area (Å²) in [5.41, 5.74) is 1.75. The molecule has 1 amide bonds. The molecule has 14 heavy (non-hydrogen) atoms. The van der Waals surface area contributed by atoms with Gasteiger partial charge in [-0.05, 0) is 30.5 Å². The van der Waals surface area contributed by atoms with Crippen LogP contribution in [-0.4, -0.2) is 11.9 Å². The zero-order chi connectivity index (χ0) is 9.97. The lowest BCUT2D eigenvalue weighted by Gasteiger charge is -2.03. The Morgan fingerprint density at radius 1 is 1.36 bits per heavy atom. The molecule has 0 aliphatic heterocycles. The minimum Gasteiger partial charge on any atom is -0.349 e. The van der Waals surface area contributed by atoms with Crippen LogP contribution < -0.4 is 5.32 Å². The van der Waals surface area contributed by atoms with E-state index in [0.717, 1.165) is 18.4 Å². The Morgan fingerprint density at radius 2 is 2.00 bits per heavy atom. The van der Waals surface area contributed by atoms with Crippen molar-refractivity contribution in [3.63, 3.8) is 0 Å². The molecule has 1 aliphatic rings. The highest BCUT2D eigenvalue weighted by Gasteiger charge is 2.23. The first kappa shape index (κ1) is 9.53. The normalized spacial score (nSPS) is 15.2. The second-order valence-electron chi connectivity index (χ2n) is 3.58. The van der Waals surface area contributed by atoms with Gasteiger partial charge in [0.05, 0.1) is 0 Å². The fourth-order valence-electron chi connectivity index (χ4n) is 1.24. The number of hydrogen-bond acceptors (Lipinski definition) is 1. The average molecular weight is 210 g/mol. The van der Waals surface area contributed by atoms with Crippen molar-refractivity contribution in [3.05, 3.63) is 35.4 Å². The van der Waals surface area contributed by atoms with E-state index in [2.05, 4.69) is 5.32 Å². The summed E-state index contributed by atoms with van der Waals surface area (Å²) in [4.78, 5) is 11.6. The van der Waals surface area contributed by atoms with Gasteiger partial charge in [0, 0.05) is 17.5 Å². The molecular weight excluding hydrogens is 198 g/mol. The molecule has 2 nitrogen and oxygen atoms in total. The molecule has 0 aromatic heterocycles. The lowest BCUT2D eigenvalue weighted by molar-refractivity contribution is 0.0951. The van der Waals surface area contributed by atoms with Gasteiger partial charge in [-0.25, -0.2) is 0 Å². The standard InChI is InChI=1S/C11H12ClNO/c12-7-8-1-3-9(4-2-8)11(14)13-10-5-6-10/h1-4,10H,5-7H2,(H,13,14). The van der Waals surface area contributed by atoms with Gasteiger partial charge in [-0.1, -0.05) is 12.1 Å². The summed E-state index contributed by atoms with van der Waals surface area (Å²) < 4.78 is 0. The third kappa shape index (κ3) is 2.26. The first-order valence-electron chi connectivity index (χ1n) is 4.75. The van der Waals surface area contributed by atoms with E-state index in [1.807, 2.05) is 24.3 Å². The van der Waals surface area contributed by atoms with Crippen molar-refractivity contribution in [1.29, 1.82) is 0 Å². The highest BCUT2D eigenvalue weighted by atomic mass is 35.5. The van der Waals surface area contributed by atoms with Crippen LogP contribution in [0.5, 0.6) is 0 Å². The molecule has 0 spiro atoms. The third-order valence-corrected chi connectivity index (χ3v) is 2.59.